The van der Waals surface area contributed by atoms with Gasteiger partial charge in [-0.05, 0) is 74.4 Å². The average Bonchev–Trinajstić information content (AvgIpc) is 3.62. The molecule has 0 spiro atoms. The summed E-state index contributed by atoms with van der Waals surface area (Å²) in [7, 11) is -2.23. The second-order valence-corrected chi connectivity index (χ2v) is 16.2. The Morgan fingerprint density at radius 1 is 1.15 bits per heavy atom. The standard InChI is InChI=1S/C36H33ClF4N8O4S/c1-35(2,51)10-9-20-5-6-21(22-7-8-25(37)29-31(22)48(3)46-34(29)47-54(4,52)53)30(43-20)26(13-17-11-18(38)14-19(39)12-17)44-27(50)16-49-32-28(33(42)45-49)23-15-24(23)36(32,40)41/h5-8,11-12,14,23-24,26,51H,13,15-16H2,1-4H3,(H2,42,45)(H,44,50)(H,46,47)/t23-,24+,26?/m0/s1. The van der Waals surface area contributed by atoms with Gasteiger partial charge in [-0.3, -0.25) is 18.9 Å². The van der Waals surface area contributed by atoms with Crippen molar-refractivity contribution in [3.8, 4) is 23.0 Å². The Hall–Kier alpha value is -5.18. The number of anilines is 2. The van der Waals surface area contributed by atoms with E-state index in [9.17, 15) is 27.1 Å². The first-order valence-electron chi connectivity index (χ1n) is 16.6. The number of alkyl halides is 2. The minimum atomic E-state index is -3.79. The second kappa shape index (κ2) is 13.0. The molecule has 0 radical (unpaired) electrons. The lowest BCUT2D eigenvalue weighted by molar-refractivity contribution is -0.122. The average molecular weight is 785 g/mol. The Balaban J connectivity index is 1.38. The molecule has 0 saturated heterocycles. The number of rotatable bonds is 9. The van der Waals surface area contributed by atoms with E-state index in [1.165, 1.54) is 24.6 Å². The maximum absolute atomic E-state index is 15.3. The summed E-state index contributed by atoms with van der Waals surface area (Å²) in [5.74, 6) is -1.78. The van der Waals surface area contributed by atoms with Gasteiger partial charge in [0, 0.05) is 35.7 Å². The van der Waals surface area contributed by atoms with Crippen molar-refractivity contribution in [1.29, 1.82) is 0 Å². The van der Waals surface area contributed by atoms with E-state index in [0.29, 0.717) is 22.7 Å². The summed E-state index contributed by atoms with van der Waals surface area (Å²) in [6.45, 7) is 2.28. The number of hydrogen-bond donors (Lipinski definition) is 4. The van der Waals surface area contributed by atoms with Crippen molar-refractivity contribution >= 4 is 50.1 Å². The van der Waals surface area contributed by atoms with Crippen molar-refractivity contribution < 1.29 is 35.9 Å². The predicted octanol–water partition coefficient (Wildman–Crippen LogP) is 5.15. The Bertz CT molecular complexity index is 2540. The van der Waals surface area contributed by atoms with Crippen LogP contribution in [-0.2, 0) is 40.8 Å². The number of nitrogen functional groups attached to an aromatic ring is 1. The molecule has 282 valence electrons. The zero-order valence-corrected chi connectivity index (χ0v) is 30.8. The highest BCUT2D eigenvalue weighted by Gasteiger charge is 2.66. The minimum Gasteiger partial charge on any atom is -0.382 e. The van der Waals surface area contributed by atoms with Crippen LogP contribution in [0.3, 0.4) is 0 Å². The van der Waals surface area contributed by atoms with Crippen molar-refractivity contribution in [3.05, 3.63) is 87.3 Å². The van der Waals surface area contributed by atoms with Gasteiger partial charge in [0.25, 0.3) is 5.92 Å². The number of aliphatic hydroxyl groups is 1. The number of carbonyl (C=O) groups is 1. The highest BCUT2D eigenvalue weighted by molar-refractivity contribution is 7.92. The molecule has 3 atom stereocenters. The molecule has 3 heterocycles. The van der Waals surface area contributed by atoms with Crippen molar-refractivity contribution in [2.45, 2.75) is 56.7 Å². The highest BCUT2D eigenvalue weighted by atomic mass is 35.5. The van der Waals surface area contributed by atoms with E-state index < -0.39 is 69.2 Å². The molecule has 3 aromatic heterocycles. The number of aryl methyl sites for hydroxylation is 1. The number of sulfonamides is 1. The number of aromatic nitrogens is 5. The Morgan fingerprint density at radius 2 is 1.83 bits per heavy atom. The molecule has 0 aliphatic heterocycles. The predicted molar refractivity (Wildman–Crippen MR) is 193 cm³/mol. The van der Waals surface area contributed by atoms with E-state index in [1.807, 2.05) is 0 Å². The van der Waals surface area contributed by atoms with E-state index in [0.717, 1.165) is 23.1 Å². The number of nitrogens with zero attached hydrogens (tertiary/aromatic N) is 5. The van der Waals surface area contributed by atoms with Crippen LogP contribution in [0.25, 0.3) is 22.0 Å². The van der Waals surface area contributed by atoms with Crippen LogP contribution in [0.15, 0.2) is 42.5 Å². The number of nitrogens with two attached hydrogens (primary N) is 1. The third-order valence-electron chi connectivity index (χ3n) is 9.21. The lowest BCUT2D eigenvalue weighted by Gasteiger charge is -2.23. The van der Waals surface area contributed by atoms with Gasteiger partial charge in [0.15, 0.2) is 5.82 Å². The SMILES string of the molecule is Cn1nc(NS(C)(=O)=O)c2c(Cl)ccc(-c3ccc(C#CC(C)(C)O)nc3C(Cc3cc(F)cc(F)c3)NC(=O)Cn3nc(N)c4c3C(F)(F)[C@@H]3C[C@H]43)c21. The van der Waals surface area contributed by atoms with Crippen LogP contribution in [-0.4, -0.2) is 55.8 Å². The summed E-state index contributed by atoms with van der Waals surface area (Å²) in [6, 6.07) is 7.97. The van der Waals surface area contributed by atoms with Crippen LogP contribution >= 0.6 is 11.6 Å². The second-order valence-electron chi connectivity index (χ2n) is 14.1. The molecule has 2 aromatic carbocycles. The van der Waals surface area contributed by atoms with Gasteiger partial charge in [0.1, 0.15) is 41.0 Å². The van der Waals surface area contributed by atoms with E-state index in [4.69, 9.17) is 22.3 Å². The minimum absolute atomic E-state index is 0.0513. The third-order valence-corrected chi connectivity index (χ3v) is 10.1. The number of hydrogen-bond acceptors (Lipinski definition) is 8. The molecule has 54 heavy (non-hydrogen) atoms. The molecule has 2 aliphatic rings. The number of halogens is 5. The fourth-order valence-electron chi connectivity index (χ4n) is 7.07. The van der Waals surface area contributed by atoms with Gasteiger partial charge >= 0.3 is 0 Å². The first-order chi connectivity index (χ1) is 25.2. The molecule has 1 fully saturated rings. The van der Waals surface area contributed by atoms with E-state index in [1.54, 1.807) is 25.2 Å². The van der Waals surface area contributed by atoms with Crippen LogP contribution in [0, 0.1) is 29.4 Å². The molecule has 18 heteroatoms. The topological polar surface area (TPSA) is 170 Å². The molecular formula is C36H33ClF4N8O4S. The van der Waals surface area contributed by atoms with Gasteiger partial charge in [-0.25, -0.2) is 22.2 Å². The van der Waals surface area contributed by atoms with E-state index in [2.05, 4.69) is 32.1 Å². The van der Waals surface area contributed by atoms with Crippen molar-refractivity contribution in [2.75, 3.05) is 16.7 Å². The monoisotopic (exact) mass is 784 g/mol. The Labute approximate surface area is 311 Å². The quantitative estimate of drug-likeness (QED) is 0.118. The molecule has 0 bridgehead atoms. The van der Waals surface area contributed by atoms with Crippen molar-refractivity contribution in [1.82, 2.24) is 29.9 Å². The largest absolute Gasteiger partial charge is 0.382 e. The van der Waals surface area contributed by atoms with Gasteiger partial charge in [-0.2, -0.15) is 19.0 Å². The molecule has 1 amide bonds. The zero-order chi connectivity index (χ0) is 39.1. The summed E-state index contributed by atoms with van der Waals surface area (Å²) in [4.78, 5) is 18.6. The smallest absolute Gasteiger partial charge is 0.293 e. The molecule has 2 aliphatic carbocycles. The Kier molecular flexibility index (Phi) is 8.94. The molecule has 12 nitrogen and oxygen atoms in total. The van der Waals surface area contributed by atoms with Gasteiger partial charge < -0.3 is 16.2 Å². The third kappa shape index (κ3) is 7.08. The maximum Gasteiger partial charge on any atom is 0.293 e. The number of nitrogens with one attached hydrogen (secondary N) is 2. The van der Waals surface area contributed by atoms with E-state index in [-0.39, 0.29) is 57.4 Å². The van der Waals surface area contributed by atoms with Gasteiger partial charge in [-0.1, -0.05) is 23.6 Å². The van der Waals surface area contributed by atoms with Gasteiger partial charge in [0.2, 0.25) is 15.9 Å². The summed E-state index contributed by atoms with van der Waals surface area (Å²) < 4.78 is 88.7. The molecule has 1 unspecified atom stereocenters. The van der Waals surface area contributed by atoms with Crippen LogP contribution in [0.4, 0.5) is 29.2 Å². The van der Waals surface area contributed by atoms with Gasteiger partial charge in [0.05, 0.1) is 33.9 Å². The first kappa shape index (κ1) is 37.1. The van der Waals surface area contributed by atoms with Crippen LogP contribution in [0.2, 0.25) is 5.02 Å². The summed E-state index contributed by atoms with van der Waals surface area (Å²) in [5.41, 5.74) is 5.94. The lowest BCUT2D eigenvalue weighted by atomic mass is 9.93. The zero-order valence-electron chi connectivity index (χ0n) is 29.2. The van der Waals surface area contributed by atoms with Crippen LogP contribution in [0.1, 0.15) is 60.4 Å². The van der Waals surface area contributed by atoms with Crippen LogP contribution < -0.4 is 15.8 Å². The molecule has 7 rings (SSSR count). The number of fused-ring (bicyclic) bond motifs is 4. The summed E-state index contributed by atoms with van der Waals surface area (Å²) in [5, 5.41) is 21.9. The molecular weight excluding hydrogens is 752 g/mol. The van der Waals surface area contributed by atoms with Crippen molar-refractivity contribution in [2.24, 2.45) is 13.0 Å². The Morgan fingerprint density at radius 3 is 2.50 bits per heavy atom. The fraction of sp³-hybridized carbons (Fsp3) is 0.333. The fourth-order valence-corrected chi connectivity index (χ4v) is 7.81. The normalized spacial score (nSPS) is 17.7. The highest BCUT2D eigenvalue weighted by Crippen LogP contribution is 2.68. The summed E-state index contributed by atoms with van der Waals surface area (Å²) >= 11 is 6.59. The first-order valence-corrected chi connectivity index (χ1v) is 18.9. The number of amides is 1. The lowest BCUT2D eigenvalue weighted by Crippen LogP contribution is -2.35. The molecule has 5 N–H and O–H groups in total. The van der Waals surface area contributed by atoms with E-state index >= 15 is 8.78 Å². The summed E-state index contributed by atoms with van der Waals surface area (Å²) in [6.07, 6.45) is 0.986. The maximum atomic E-state index is 15.3. The number of carbonyl (C=O) groups excluding carboxylic acids is 1. The van der Waals surface area contributed by atoms with Gasteiger partial charge in [-0.15, -0.1) is 0 Å². The number of pyridine rings is 1. The number of benzene rings is 2. The van der Waals surface area contributed by atoms with Crippen LogP contribution in [0.5, 0.6) is 0 Å². The molecule has 1 saturated carbocycles. The van der Waals surface area contributed by atoms with Crippen molar-refractivity contribution in [3.63, 3.8) is 0 Å². The molecule has 5 aromatic rings.